The zero-order valence-electron chi connectivity index (χ0n) is 19.8. The van der Waals surface area contributed by atoms with Gasteiger partial charge >= 0.3 is 0 Å². The van der Waals surface area contributed by atoms with Gasteiger partial charge in [-0.2, -0.15) is 5.26 Å². The number of hydrogen-bond acceptors (Lipinski definition) is 4. The molecule has 0 saturated carbocycles. The predicted octanol–water partition coefficient (Wildman–Crippen LogP) is 3.25. The minimum atomic E-state index is -1.00. The number of nitrogens with zero attached hydrogens (tertiary/aromatic N) is 3. The predicted molar refractivity (Wildman–Crippen MR) is 127 cm³/mol. The van der Waals surface area contributed by atoms with Crippen molar-refractivity contribution >= 4 is 23.4 Å². The molecule has 1 spiro atoms. The molecule has 0 aromatic heterocycles. The number of halogens is 1. The summed E-state index contributed by atoms with van der Waals surface area (Å²) in [5.74, 6) is -1.62. The Balaban J connectivity index is 1.49. The summed E-state index contributed by atoms with van der Waals surface area (Å²) in [5.41, 5.74) is 1.13. The highest BCUT2D eigenvalue weighted by molar-refractivity contribution is 6.07. The van der Waals surface area contributed by atoms with Crippen LogP contribution in [0.5, 0.6) is 0 Å². The number of hydrogen-bond donors (Lipinski definition) is 1. The van der Waals surface area contributed by atoms with Crippen LogP contribution >= 0.6 is 0 Å². The Morgan fingerprint density at radius 3 is 2.74 bits per heavy atom. The summed E-state index contributed by atoms with van der Waals surface area (Å²) in [6, 6.07) is 12.5. The third kappa shape index (κ3) is 3.57. The number of rotatable bonds is 4. The van der Waals surface area contributed by atoms with Gasteiger partial charge in [-0.15, -0.1) is 0 Å². The van der Waals surface area contributed by atoms with Gasteiger partial charge in [0, 0.05) is 25.2 Å². The number of nitriles is 1. The molecule has 3 atom stereocenters. The van der Waals surface area contributed by atoms with Gasteiger partial charge in [0.2, 0.25) is 11.8 Å². The van der Waals surface area contributed by atoms with E-state index in [1.807, 2.05) is 38.1 Å². The molecular weight excluding hydrogens is 447 g/mol. The van der Waals surface area contributed by atoms with E-state index in [1.54, 1.807) is 12.1 Å². The smallest absolute Gasteiger partial charge is 0.257 e. The van der Waals surface area contributed by atoms with E-state index in [1.165, 1.54) is 15.9 Å². The number of para-hydroxylation sites is 1. The van der Waals surface area contributed by atoms with Gasteiger partial charge in [0.1, 0.15) is 17.9 Å². The maximum absolute atomic E-state index is 14.6. The fraction of sp³-hybridized carbons (Fsp3) is 0.407. The molecule has 8 heteroatoms. The molecule has 3 heterocycles. The van der Waals surface area contributed by atoms with Crippen LogP contribution in [0.3, 0.4) is 0 Å². The lowest BCUT2D eigenvalue weighted by Gasteiger charge is -2.38. The van der Waals surface area contributed by atoms with Crippen LogP contribution in [-0.2, 0) is 21.4 Å². The number of nitrogens with one attached hydrogen (secondary N) is 1. The van der Waals surface area contributed by atoms with Crippen LogP contribution in [0.2, 0.25) is 0 Å². The summed E-state index contributed by atoms with van der Waals surface area (Å²) in [4.78, 5) is 43.4. The fourth-order valence-electron chi connectivity index (χ4n) is 5.79. The largest absolute Gasteiger partial charge is 0.326 e. The van der Waals surface area contributed by atoms with Crippen molar-refractivity contribution in [3.8, 4) is 6.07 Å². The van der Waals surface area contributed by atoms with Crippen molar-refractivity contribution in [2.45, 2.75) is 50.6 Å². The Hall–Kier alpha value is -3.73. The third-order valence-electron chi connectivity index (χ3n) is 7.47. The van der Waals surface area contributed by atoms with Crippen molar-refractivity contribution in [2.24, 2.45) is 5.92 Å². The number of fused-ring (bicyclic) bond motifs is 3. The topological polar surface area (TPSA) is 93.5 Å². The minimum absolute atomic E-state index is 0.0131. The molecule has 35 heavy (non-hydrogen) atoms. The first-order valence-corrected chi connectivity index (χ1v) is 12.0. The molecule has 5 rings (SSSR count). The van der Waals surface area contributed by atoms with Gasteiger partial charge < -0.3 is 15.1 Å². The first-order valence-electron chi connectivity index (χ1n) is 12.0. The van der Waals surface area contributed by atoms with Gasteiger partial charge in [0.15, 0.2) is 0 Å². The van der Waals surface area contributed by atoms with Crippen molar-refractivity contribution in [3.63, 3.8) is 0 Å². The van der Waals surface area contributed by atoms with Crippen LogP contribution in [0.25, 0.3) is 0 Å². The van der Waals surface area contributed by atoms with E-state index in [0.717, 1.165) is 5.56 Å². The van der Waals surface area contributed by atoms with Gasteiger partial charge in [-0.05, 0) is 42.0 Å². The number of carbonyl (C=O) groups excluding carboxylic acids is 3. The summed E-state index contributed by atoms with van der Waals surface area (Å²) in [6.45, 7) is 4.26. The average molecular weight is 475 g/mol. The van der Waals surface area contributed by atoms with Gasteiger partial charge in [-0.1, -0.05) is 44.2 Å². The highest BCUT2D eigenvalue weighted by Gasteiger charge is 2.57. The van der Waals surface area contributed by atoms with Gasteiger partial charge in [0.25, 0.3) is 5.91 Å². The van der Waals surface area contributed by atoms with E-state index in [2.05, 4.69) is 11.4 Å². The normalized spacial score (nSPS) is 23.8. The second-order valence-electron chi connectivity index (χ2n) is 10.1. The second-order valence-corrected chi connectivity index (χ2v) is 10.1. The minimum Gasteiger partial charge on any atom is -0.326 e. The van der Waals surface area contributed by atoms with E-state index in [-0.39, 0.29) is 42.8 Å². The van der Waals surface area contributed by atoms with Crippen molar-refractivity contribution in [3.05, 3.63) is 65.0 Å². The number of likely N-dealkylation sites (tertiary alicyclic amines) is 1. The lowest BCUT2D eigenvalue weighted by atomic mass is 9.80. The monoisotopic (exact) mass is 474 g/mol. The molecule has 180 valence electrons. The van der Waals surface area contributed by atoms with E-state index < -0.39 is 29.2 Å². The van der Waals surface area contributed by atoms with E-state index in [4.69, 9.17) is 0 Å². The molecule has 3 amide bonds. The molecule has 1 saturated heterocycles. The van der Waals surface area contributed by atoms with Gasteiger partial charge in [0.05, 0.1) is 17.0 Å². The van der Waals surface area contributed by atoms with E-state index in [0.29, 0.717) is 24.1 Å². The molecule has 3 aliphatic rings. The second kappa shape index (κ2) is 8.49. The third-order valence-corrected chi connectivity index (χ3v) is 7.47. The summed E-state index contributed by atoms with van der Waals surface area (Å²) in [6.07, 6.45) is 1.01. The Morgan fingerprint density at radius 1 is 1.23 bits per heavy atom. The summed E-state index contributed by atoms with van der Waals surface area (Å²) >= 11 is 0. The van der Waals surface area contributed by atoms with Crippen LogP contribution in [0.4, 0.5) is 10.1 Å². The Kier molecular flexibility index (Phi) is 5.59. The SMILES string of the molecule is CC(C)CC(C(=O)N1C[C@]2(C[C@H]1C#N)C(=O)Nc1ccccc12)N1CCc2cccc(F)c2C1=O. The fourth-order valence-corrected chi connectivity index (χ4v) is 5.79. The molecule has 1 N–H and O–H groups in total. The summed E-state index contributed by atoms with van der Waals surface area (Å²) in [7, 11) is 0. The van der Waals surface area contributed by atoms with Crippen LogP contribution < -0.4 is 5.32 Å². The molecule has 1 unspecified atom stereocenters. The van der Waals surface area contributed by atoms with Crippen molar-refractivity contribution < 1.29 is 18.8 Å². The molecule has 0 aliphatic carbocycles. The van der Waals surface area contributed by atoms with Crippen molar-refractivity contribution in [2.75, 3.05) is 18.4 Å². The average Bonchev–Trinajstić information content (AvgIpc) is 3.36. The van der Waals surface area contributed by atoms with E-state index >= 15 is 0 Å². The number of benzene rings is 2. The Labute approximate surface area is 203 Å². The number of carbonyl (C=O) groups is 3. The van der Waals surface area contributed by atoms with Crippen LogP contribution in [0.1, 0.15) is 48.2 Å². The van der Waals surface area contributed by atoms with Gasteiger partial charge in [-0.3, -0.25) is 14.4 Å². The van der Waals surface area contributed by atoms with Crippen molar-refractivity contribution in [1.29, 1.82) is 5.26 Å². The zero-order chi connectivity index (χ0) is 24.9. The molecule has 2 aromatic rings. The zero-order valence-corrected chi connectivity index (χ0v) is 19.8. The maximum Gasteiger partial charge on any atom is 0.257 e. The number of amides is 3. The van der Waals surface area contributed by atoms with E-state index in [9.17, 15) is 24.0 Å². The Morgan fingerprint density at radius 2 is 2.00 bits per heavy atom. The molecule has 0 radical (unpaired) electrons. The quantitative estimate of drug-likeness (QED) is 0.736. The first-order chi connectivity index (χ1) is 16.8. The summed E-state index contributed by atoms with van der Waals surface area (Å²) < 4.78 is 14.6. The summed E-state index contributed by atoms with van der Waals surface area (Å²) in [5, 5.41) is 12.8. The van der Waals surface area contributed by atoms with Crippen LogP contribution in [0, 0.1) is 23.1 Å². The van der Waals surface area contributed by atoms with Crippen LogP contribution in [-0.4, -0.2) is 52.7 Å². The molecule has 0 bridgehead atoms. The molecule has 2 aromatic carbocycles. The lowest BCUT2D eigenvalue weighted by molar-refractivity contribution is -0.137. The van der Waals surface area contributed by atoms with Gasteiger partial charge in [-0.25, -0.2) is 4.39 Å². The highest BCUT2D eigenvalue weighted by atomic mass is 19.1. The Bertz CT molecular complexity index is 1270. The lowest BCUT2D eigenvalue weighted by Crippen LogP contribution is -2.55. The molecular formula is C27H27FN4O3. The number of anilines is 1. The highest BCUT2D eigenvalue weighted by Crippen LogP contribution is 2.46. The maximum atomic E-state index is 14.6. The standard InChI is InChI=1S/C27H27FN4O3/c1-16(2)12-22(31-11-10-17-6-5-8-20(28)23(17)25(31)34)24(33)32-15-27(13-18(32)14-29)19-7-3-4-9-21(19)30-26(27)35/h3-9,16,18,22H,10-13,15H2,1-2H3,(H,30,35)/t18-,22?,27-/m0/s1. The molecule has 1 fully saturated rings. The molecule has 7 nitrogen and oxygen atoms in total. The van der Waals surface area contributed by atoms with Crippen LogP contribution in [0.15, 0.2) is 42.5 Å². The van der Waals surface area contributed by atoms with Crippen molar-refractivity contribution in [1.82, 2.24) is 9.80 Å². The molecule has 3 aliphatic heterocycles. The first kappa shape index (κ1) is 23.0.